The van der Waals surface area contributed by atoms with E-state index in [1.807, 2.05) is 4.68 Å². The van der Waals surface area contributed by atoms with E-state index in [0.29, 0.717) is 25.3 Å². The van der Waals surface area contributed by atoms with Crippen molar-refractivity contribution in [1.82, 2.24) is 14.8 Å². The van der Waals surface area contributed by atoms with Gasteiger partial charge in [-0.1, -0.05) is 25.0 Å². The molecule has 0 atom stereocenters. The summed E-state index contributed by atoms with van der Waals surface area (Å²) in [5, 5.41) is 4.78. The smallest absolute Gasteiger partial charge is 0.154 e. The topological polar surface area (TPSA) is 64.8 Å². The maximum absolute atomic E-state index is 13.2. The molecule has 26 heavy (non-hydrogen) atoms. The van der Waals surface area contributed by atoms with Crippen molar-refractivity contribution in [3.63, 3.8) is 0 Å². The van der Waals surface area contributed by atoms with Crippen LogP contribution in [0.1, 0.15) is 67.6 Å². The predicted molar refractivity (Wildman–Crippen MR) is 97.4 cm³/mol. The van der Waals surface area contributed by atoms with Gasteiger partial charge in [0.1, 0.15) is 21.5 Å². The van der Waals surface area contributed by atoms with Crippen LogP contribution >= 0.6 is 0 Å². The van der Waals surface area contributed by atoms with Gasteiger partial charge in [-0.2, -0.15) is 5.10 Å². The quantitative estimate of drug-likeness (QED) is 0.819. The van der Waals surface area contributed by atoms with Crippen molar-refractivity contribution in [3.8, 4) is 0 Å². The lowest BCUT2D eigenvalue weighted by Gasteiger charge is -2.21. The molecule has 1 aromatic carbocycles. The Kier molecular flexibility index (Phi) is 4.82. The second-order valence-electron chi connectivity index (χ2n) is 7.52. The molecule has 1 aromatic heterocycles. The second kappa shape index (κ2) is 7.10. The van der Waals surface area contributed by atoms with Crippen molar-refractivity contribution in [2.45, 2.75) is 56.9 Å². The van der Waals surface area contributed by atoms with Crippen molar-refractivity contribution >= 4 is 9.84 Å². The summed E-state index contributed by atoms with van der Waals surface area (Å²) < 4.78 is 38.6. The van der Waals surface area contributed by atoms with Gasteiger partial charge in [-0.15, -0.1) is 0 Å². The number of nitrogens with zero attached hydrogens (tertiary/aromatic N) is 3. The van der Waals surface area contributed by atoms with E-state index in [1.54, 1.807) is 12.1 Å². The van der Waals surface area contributed by atoms with Crippen LogP contribution in [0, 0.1) is 5.82 Å². The van der Waals surface area contributed by atoms with Crippen LogP contribution in [0.3, 0.4) is 0 Å². The molecular formula is C19H24FN3O2S. The van der Waals surface area contributed by atoms with Gasteiger partial charge >= 0.3 is 0 Å². The summed E-state index contributed by atoms with van der Waals surface area (Å²) in [7, 11) is -2.91. The van der Waals surface area contributed by atoms with Gasteiger partial charge in [-0.25, -0.2) is 22.5 Å². The zero-order valence-corrected chi connectivity index (χ0v) is 15.6. The van der Waals surface area contributed by atoms with Crippen LogP contribution in [-0.2, 0) is 16.4 Å². The highest BCUT2D eigenvalue weighted by atomic mass is 32.2. The van der Waals surface area contributed by atoms with Gasteiger partial charge in [0.05, 0.1) is 18.1 Å². The molecule has 140 valence electrons. The summed E-state index contributed by atoms with van der Waals surface area (Å²) in [6.07, 6.45) is 5.89. The molecule has 4 rings (SSSR count). The summed E-state index contributed by atoms with van der Waals surface area (Å²) >= 11 is 0. The Morgan fingerprint density at radius 2 is 1.65 bits per heavy atom. The van der Waals surface area contributed by atoms with E-state index in [1.165, 1.54) is 25.0 Å². The molecule has 2 fully saturated rings. The maximum atomic E-state index is 13.2. The van der Waals surface area contributed by atoms with Crippen molar-refractivity contribution in [1.29, 1.82) is 0 Å². The van der Waals surface area contributed by atoms with E-state index in [9.17, 15) is 12.8 Å². The molecule has 0 unspecified atom stereocenters. The van der Waals surface area contributed by atoms with Gasteiger partial charge in [-0.3, -0.25) is 0 Å². The van der Waals surface area contributed by atoms with Gasteiger partial charge in [-0.05, 0) is 43.4 Å². The highest BCUT2D eigenvalue weighted by Gasteiger charge is 2.30. The molecule has 0 bridgehead atoms. The fourth-order valence-electron chi connectivity index (χ4n) is 4.06. The molecule has 2 aliphatic rings. The van der Waals surface area contributed by atoms with Crippen LogP contribution < -0.4 is 0 Å². The zero-order chi connectivity index (χ0) is 18.1. The summed E-state index contributed by atoms with van der Waals surface area (Å²) in [5.41, 5.74) is 0.971. The van der Waals surface area contributed by atoms with Crippen molar-refractivity contribution in [2.75, 3.05) is 11.5 Å². The third-order valence-corrected chi connectivity index (χ3v) is 7.32. The first-order valence-corrected chi connectivity index (χ1v) is 11.2. The number of hydrogen-bond donors (Lipinski definition) is 0. The molecule has 7 heteroatoms. The number of rotatable bonds is 4. The SMILES string of the molecule is O=S1(=O)CCC(c2nc(C3CCCC3)nn2Cc2ccc(F)cc2)CC1. The molecule has 0 amide bonds. The monoisotopic (exact) mass is 377 g/mol. The van der Waals surface area contributed by atoms with E-state index < -0.39 is 9.84 Å². The Labute approximate surface area is 153 Å². The van der Waals surface area contributed by atoms with E-state index in [2.05, 4.69) is 0 Å². The van der Waals surface area contributed by atoms with Gasteiger partial charge in [0.2, 0.25) is 0 Å². The molecule has 2 heterocycles. The van der Waals surface area contributed by atoms with E-state index in [0.717, 1.165) is 30.1 Å². The first-order chi connectivity index (χ1) is 12.5. The molecule has 0 spiro atoms. The van der Waals surface area contributed by atoms with E-state index >= 15 is 0 Å². The van der Waals surface area contributed by atoms with Crippen LogP contribution in [0.2, 0.25) is 0 Å². The second-order valence-corrected chi connectivity index (χ2v) is 9.82. The average Bonchev–Trinajstić information content (AvgIpc) is 3.27. The van der Waals surface area contributed by atoms with E-state index in [-0.39, 0.29) is 23.2 Å². The first-order valence-electron chi connectivity index (χ1n) is 9.40. The fourth-order valence-corrected chi connectivity index (χ4v) is 5.55. The van der Waals surface area contributed by atoms with Gasteiger partial charge in [0.15, 0.2) is 5.82 Å². The van der Waals surface area contributed by atoms with Crippen LogP contribution in [0.15, 0.2) is 24.3 Å². The maximum Gasteiger partial charge on any atom is 0.154 e. The summed E-state index contributed by atoms with van der Waals surface area (Å²) in [5.74, 6) is 2.52. The van der Waals surface area contributed by atoms with E-state index in [4.69, 9.17) is 10.1 Å². The largest absolute Gasteiger partial charge is 0.245 e. The van der Waals surface area contributed by atoms with Crippen LogP contribution in [0.25, 0.3) is 0 Å². The van der Waals surface area contributed by atoms with Crippen molar-refractivity contribution in [2.24, 2.45) is 0 Å². The lowest BCUT2D eigenvalue weighted by Crippen LogP contribution is -2.24. The summed E-state index contributed by atoms with van der Waals surface area (Å²) in [6, 6.07) is 6.44. The molecule has 1 saturated heterocycles. The van der Waals surface area contributed by atoms with Crippen LogP contribution in [-0.4, -0.2) is 34.7 Å². The minimum absolute atomic E-state index is 0.127. The first kappa shape index (κ1) is 17.6. The predicted octanol–water partition coefficient (Wildman–Crippen LogP) is 3.42. The highest BCUT2D eigenvalue weighted by molar-refractivity contribution is 7.91. The third kappa shape index (κ3) is 3.82. The lowest BCUT2D eigenvalue weighted by molar-refractivity contribution is 0.507. The molecule has 0 radical (unpaired) electrons. The molecular weight excluding hydrogens is 353 g/mol. The number of sulfone groups is 1. The molecule has 1 saturated carbocycles. The Morgan fingerprint density at radius 1 is 1.00 bits per heavy atom. The number of benzene rings is 1. The normalized spacial score (nSPS) is 21.3. The van der Waals surface area contributed by atoms with Gasteiger partial charge in [0.25, 0.3) is 0 Å². The Balaban J connectivity index is 1.62. The molecule has 0 N–H and O–H groups in total. The number of aromatic nitrogens is 3. The number of halogens is 1. The minimum Gasteiger partial charge on any atom is -0.245 e. The Hall–Kier alpha value is -1.76. The molecule has 2 aromatic rings. The zero-order valence-electron chi connectivity index (χ0n) is 14.8. The fraction of sp³-hybridized carbons (Fsp3) is 0.579. The molecule has 1 aliphatic carbocycles. The molecule has 5 nitrogen and oxygen atoms in total. The standard InChI is InChI=1S/C19H24FN3O2S/c20-17-7-5-14(6-8-17)13-23-19(16-9-11-26(24,25)12-10-16)21-18(22-23)15-3-1-2-4-15/h5-8,15-16H,1-4,9-13H2. The van der Waals surface area contributed by atoms with Gasteiger partial charge < -0.3 is 0 Å². The summed E-state index contributed by atoms with van der Waals surface area (Å²) in [4.78, 5) is 4.86. The average molecular weight is 377 g/mol. The third-order valence-electron chi connectivity index (χ3n) is 5.60. The minimum atomic E-state index is -2.91. The Bertz CT molecular complexity index is 857. The van der Waals surface area contributed by atoms with Gasteiger partial charge in [0, 0.05) is 11.8 Å². The summed E-state index contributed by atoms with van der Waals surface area (Å²) in [6.45, 7) is 0.540. The highest BCUT2D eigenvalue weighted by Crippen LogP contribution is 2.35. The number of hydrogen-bond acceptors (Lipinski definition) is 4. The lowest BCUT2D eigenvalue weighted by atomic mass is 10.0. The van der Waals surface area contributed by atoms with Crippen LogP contribution in [0.5, 0.6) is 0 Å². The van der Waals surface area contributed by atoms with Crippen molar-refractivity contribution < 1.29 is 12.8 Å². The Morgan fingerprint density at radius 3 is 2.31 bits per heavy atom. The van der Waals surface area contributed by atoms with Crippen molar-refractivity contribution in [3.05, 3.63) is 47.3 Å². The molecule has 1 aliphatic heterocycles. The van der Waals surface area contributed by atoms with Crippen LogP contribution in [0.4, 0.5) is 4.39 Å².